The van der Waals surface area contributed by atoms with Crippen LogP contribution >= 0.6 is 0 Å². The number of fused-ring (bicyclic) bond motifs is 2. The van der Waals surface area contributed by atoms with Crippen molar-refractivity contribution < 1.29 is 28.4 Å². The first-order valence-corrected chi connectivity index (χ1v) is 20.0. The molecule has 0 saturated heterocycles. The van der Waals surface area contributed by atoms with E-state index in [4.69, 9.17) is 35.5 Å². The molecule has 0 spiro atoms. The van der Waals surface area contributed by atoms with E-state index in [1.54, 1.807) is 25.3 Å². The highest BCUT2D eigenvalue weighted by atomic mass is 19.1. The fraction of sp³-hybridized carbons (Fsp3) is 0.234. The minimum atomic E-state index is -0.648. The molecule has 0 aliphatic carbocycles. The Labute approximate surface area is 352 Å². The summed E-state index contributed by atoms with van der Waals surface area (Å²) in [5, 5.41) is 1.61. The highest BCUT2D eigenvalue weighted by Crippen LogP contribution is 2.39. The van der Waals surface area contributed by atoms with Gasteiger partial charge < -0.3 is 34.8 Å². The topological polar surface area (TPSA) is 160 Å². The number of ether oxygens (including phenoxy) is 3. The van der Waals surface area contributed by atoms with Crippen molar-refractivity contribution in [2.45, 2.75) is 66.1 Å². The molecule has 4 aromatic carbocycles. The van der Waals surface area contributed by atoms with E-state index in [1.165, 1.54) is 12.7 Å². The molecule has 0 fully saturated rings. The number of aromatic nitrogens is 6. The maximum atomic E-state index is 13.9. The van der Waals surface area contributed by atoms with Gasteiger partial charge in [0, 0.05) is 46.7 Å². The SMILES string of the molecule is COc1ccc(Oc2ccc(-c3cn(C(C)C)c4ncnc(N)c34)cc2)c(C(C)OOCc2cc(CF)ccc2Oc2ccc(-c3cn(C(C)C)c4ncnc(N)c34)cc2)c1. The van der Waals surface area contributed by atoms with Gasteiger partial charge in [-0.15, -0.1) is 0 Å². The quantitative estimate of drug-likeness (QED) is 0.0748. The number of rotatable bonds is 15. The molecule has 0 bridgehead atoms. The third kappa shape index (κ3) is 8.27. The van der Waals surface area contributed by atoms with Crippen molar-refractivity contribution in [1.29, 1.82) is 0 Å². The Bertz CT molecular complexity index is 2820. The molecule has 0 saturated carbocycles. The van der Waals surface area contributed by atoms with E-state index >= 15 is 0 Å². The number of nitrogens with zero attached hydrogens (tertiary/aromatic N) is 6. The normalized spacial score (nSPS) is 12.1. The number of hydrogen-bond acceptors (Lipinski definition) is 11. The lowest BCUT2D eigenvalue weighted by Gasteiger charge is -2.18. The number of methoxy groups -OCH3 is 1. The maximum absolute atomic E-state index is 13.9. The smallest absolute Gasteiger partial charge is 0.146 e. The molecule has 14 heteroatoms. The van der Waals surface area contributed by atoms with Crippen LogP contribution in [0, 0.1) is 0 Å². The predicted octanol–water partition coefficient (Wildman–Crippen LogP) is 11.1. The minimum absolute atomic E-state index is 0.0238. The summed E-state index contributed by atoms with van der Waals surface area (Å²) in [5.41, 5.74) is 19.7. The van der Waals surface area contributed by atoms with Crippen molar-refractivity contribution in [1.82, 2.24) is 29.1 Å². The van der Waals surface area contributed by atoms with Crippen LogP contribution < -0.4 is 25.7 Å². The van der Waals surface area contributed by atoms with Crippen molar-refractivity contribution in [3.8, 4) is 51.0 Å². The van der Waals surface area contributed by atoms with Crippen molar-refractivity contribution in [3.05, 3.63) is 127 Å². The van der Waals surface area contributed by atoms with E-state index < -0.39 is 12.8 Å². The molecule has 4 heterocycles. The molecule has 61 heavy (non-hydrogen) atoms. The molecule has 1 unspecified atom stereocenters. The van der Waals surface area contributed by atoms with Crippen molar-refractivity contribution in [3.63, 3.8) is 0 Å². The summed E-state index contributed by atoms with van der Waals surface area (Å²) >= 11 is 0. The van der Waals surface area contributed by atoms with Crippen LogP contribution in [0.1, 0.15) is 69.5 Å². The number of halogens is 1. The Balaban J connectivity index is 0.970. The van der Waals surface area contributed by atoms with Gasteiger partial charge in [0.05, 0.1) is 17.9 Å². The summed E-state index contributed by atoms with van der Waals surface area (Å²) < 4.78 is 36.3. The lowest BCUT2D eigenvalue weighted by atomic mass is 10.1. The van der Waals surface area contributed by atoms with E-state index in [9.17, 15) is 4.39 Å². The fourth-order valence-electron chi connectivity index (χ4n) is 7.34. The van der Waals surface area contributed by atoms with Gasteiger partial charge in [-0.05, 0) is 106 Å². The Hall–Kier alpha value is -7.03. The summed E-state index contributed by atoms with van der Waals surface area (Å²) in [7, 11) is 1.59. The average molecular weight is 823 g/mol. The highest BCUT2D eigenvalue weighted by Gasteiger charge is 2.20. The zero-order valence-electron chi connectivity index (χ0n) is 34.8. The largest absolute Gasteiger partial charge is 0.497 e. The van der Waals surface area contributed by atoms with Crippen molar-refractivity contribution in [2.24, 2.45) is 0 Å². The third-order valence-electron chi connectivity index (χ3n) is 10.5. The molecule has 312 valence electrons. The Morgan fingerprint density at radius 2 is 1.13 bits per heavy atom. The Morgan fingerprint density at radius 1 is 0.623 bits per heavy atom. The number of alkyl halides is 1. The molecule has 4 N–H and O–H groups in total. The first-order chi connectivity index (χ1) is 29.5. The molecule has 13 nitrogen and oxygen atoms in total. The Kier molecular flexibility index (Phi) is 11.5. The average Bonchev–Trinajstić information content (AvgIpc) is 3.87. The molecule has 0 aliphatic rings. The predicted molar refractivity (Wildman–Crippen MR) is 234 cm³/mol. The van der Waals surface area contributed by atoms with E-state index in [2.05, 4.69) is 63.0 Å². The van der Waals surface area contributed by atoms with Crippen LogP contribution in [-0.2, 0) is 23.1 Å². The number of hydrogen-bond donors (Lipinski definition) is 2. The summed E-state index contributed by atoms with van der Waals surface area (Å²) in [6, 6.07) is 26.3. The molecule has 0 amide bonds. The van der Waals surface area contributed by atoms with Crippen molar-refractivity contribution >= 4 is 33.7 Å². The third-order valence-corrected chi connectivity index (χ3v) is 10.5. The first kappa shape index (κ1) is 40.7. The lowest BCUT2D eigenvalue weighted by molar-refractivity contribution is -0.332. The van der Waals surface area contributed by atoms with E-state index in [0.717, 1.165) is 44.3 Å². The molecule has 8 aromatic rings. The monoisotopic (exact) mass is 822 g/mol. The Morgan fingerprint density at radius 3 is 1.64 bits per heavy atom. The second kappa shape index (κ2) is 17.3. The second-order valence-electron chi connectivity index (χ2n) is 15.2. The van der Waals surface area contributed by atoms with Gasteiger partial charge in [0.25, 0.3) is 0 Å². The first-order valence-electron chi connectivity index (χ1n) is 20.0. The fourth-order valence-corrected chi connectivity index (χ4v) is 7.34. The van der Waals surface area contributed by atoms with Crippen LogP contribution in [0.5, 0.6) is 28.7 Å². The van der Waals surface area contributed by atoms with Gasteiger partial charge in [0.2, 0.25) is 0 Å². The molecule has 0 aliphatic heterocycles. The van der Waals surface area contributed by atoms with Crippen LogP contribution in [0.4, 0.5) is 16.0 Å². The van der Waals surface area contributed by atoms with Crippen LogP contribution in [0.2, 0.25) is 0 Å². The van der Waals surface area contributed by atoms with E-state index in [0.29, 0.717) is 57.1 Å². The molecular weight excluding hydrogens is 776 g/mol. The minimum Gasteiger partial charge on any atom is -0.497 e. The highest BCUT2D eigenvalue weighted by molar-refractivity contribution is 6.01. The van der Waals surface area contributed by atoms with Crippen LogP contribution in [-0.4, -0.2) is 36.2 Å². The van der Waals surface area contributed by atoms with E-state index in [1.807, 2.05) is 79.9 Å². The maximum Gasteiger partial charge on any atom is 0.146 e. The number of nitrogen functional groups attached to an aromatic ring is 2. The van der Waals surface area contributed by atoms with Gasteiger partial charge >= 0.3 is 0 Å². The summed E-state index contributed by atoms with van der Waals surface area (Å²) in [5.74, 6) is 3.69. The molecule has 0 radical (unpaired) electrons. The van der Waals surface area contributed by atoms with Gasteiger partial charge in [-0.1, -0.05) is 30.3 Å². The second-order valence-corrected chi connectivity index (χ2v) is 15.2. The molecule has 4 aromatic heterocycles. The van der Waals surface area contributed by atoms with Gasteiger partial charge in [-0.2, -0.15) is 0 Å². The zero-order chi connectivity index (χ0) is 42.8. The standard InChI is InChI=1S/C47H47FN8O5/c1-27(2)55-22-38(42-44(49)51-25-53-46(42)55)31-8-12-34(13-9-31)59-40-17-7-30(21-48)19-33(40)24-58-61-29(5)37-20-36(57-6)16-18-41(37)60-35-14-10-32(11-15-35)39-23-56(28(3)4)47-43(39)45(50)52-26-54-47/h7-20,22-23,25-29H,21,24H2,1-6H3,(H2,49,51,53)(H2,50,52,54). The van der Waals surface area contributed by atoms with Gasteiger partial charge in [0.15, 0.2) is 0 Å². The molecule has 8 rings (SSSR count). The number of anilines is 2. The lowest BCUT2D eigenvalue weighted by Crippen LogP contribution is -2.05. The van der Waals surface area contributed by atoms with Crippen LogP contribution in [0.25, 0.3) is 44.3 Å². The number of nitrogens with two attached hydrogens (primary N) is 2. The van der Waals surface area contributed by atoms with Crippen LogP contribution in [0.15, 0.2) is 110 Å². The van der Waals surface area contributed by atoms with Crippen LogP contribution in [0.3, 0.4) is 0 Å². The summed E-state index contributed by atoms with van der Waals surface area (Å²) in [4.78, 5) is 29.2. The summed E-state index contributed by atoms with van der Waals surface area (Å²) in [6.45, 7) is 9.55. The molecular formula is C47H47FN8O5. The van der Waals surface area contributed by atoms with Gasteiger partial charge in [-0.25, -0.2) is 34.1 Å². The van der Waals surface area contributed by atoms with Gasteiger partial charge in [0.1, 0.15) is 83.7 Å². The molecule has 1 atom stereocenters. The van der Waals surface area contributed by atoms with E-state index in [-0.39, 0.29) is 18.7 Å². The van der Waals surface area contributed by atoms with Crippen molar-refractivity contribution in [2.75, 3.05) is 18.6 Å². The zero-order valence-corrected chi connectivity index (χ0v) is 34.8. The van der Waals surface area contributed by atoms with Gasteiger partial charge in [-0.3, -0.25) is 0 Å². The summed E-state index contributed by atoms with van der Waals surface area (Å²) in [6.07, 6.45) is 6.46. The number of benzene rings is 4.